The molecule has 2 nitrogen and oxygen atoms in total. The summed E-state index contributed by atoms with van der Waals surface area (Å²) < 4.78 is 5.39. The molecule has 1 atom stereocenters. The van der Waals surface area contributed by atoms with Gasteiger partial charge in [-0.2, -0.15) is 0 Å². The Balaban J connectivity index is 1.91. The van der Waals surface area contributed by atoms with E-state index in [9.17, 15) is 0 Å². The molecule has 2 heteroatoms. The molecule has 1 N–H and O–H groups in total. The molecule has 1 aliphatic rings. The maximum atomic E-state index is 5.39. The lowest BCUT2D eigenvalue weighted by molar-refractivity contribution is 0.0842. The van der Waals surface area contributed by atoms with E-state index in [1.54, 1.807) is 0 Å². The first-order valence-corrected chi connectivity index (χ1v) is 4.28. The van der Waals surface area contributed by atoms with Crippen LogP contribution < -0.4 is 5.32 Å². The van der Waals surface area contributed by atoms with E-state index in [1.165, 1.54) is 25.7 Å². The Labute approximate surface area is 63.0 Å². The largest absolute Gasteiger partial charge is 0.363 e. The fraction of sp³-hybridized carbons (Fsp3) is 1.00. The molecule has 0 aromatic heterocycles. The van der Waals surface area contributed by atoms with Crippen molar-refractivity contribution in [2.45, 2.75) is 38.8 Å². The van der Waals surface area contributed by atoms with E-state index in [2.05, 4.69) is 12.2 Å². The fourth-order valence-corrected chi connectivity index (χ4v) is 1.18. The van der Waals surface area contributed by atoms with Gasteiger partial charge in [-0.25, -0.2) is 0 Å². The number of hydrogen-bond donors (Lipinski definition) is 1. The molecule has 0 bridgehead atoms. The molecule has 0 spiro atoms. The highest BCUT2D eigenvalue weighted by molar-refractivity contribution is 4.61. The molecule has 0 aliphatic carbocycles. The topological polar surface area (TPSA) is 21.3 Å². The van der Waals surface area contributed by atoms with Gasteiger partial charge in [-0.15, -0.1) is 0 Å². The lowest BCUT2D eigenvalue weighted by Crippen LogP contribution is -2.28. The summed E-state index contributed by atoms with van der Waals surface area (Å²) in [6.07, 6.45) is 5.32. The van der Waals surface area contributed by atoms with Gasteiger partial charge in [0.2, 0.25) is 0 Å². The first-order valence-electron chi connectivity index (χ1n) is 4.28. The van der Waals surface area contributed by atoms with Gasteiger partial charge >= 0.3 is 0 Å². The highest BCUT2D eigenvalue weighted by Crippen LogP contribution is 2.08. The van der Waals surface area contributed by atoms with E-state index in [0.29, 0.717) is 6.23 Å². The smallest absolute Gasteiger partial charge is 0.108 e. The Hall–Kier alpha value is -0.0800. The number of unbranched alkanes of at least 4 members (excludes halogenated alkanes) is 1. The maximum absolute atomic E-state index is 5.39. The van der Waals surface area contributed by atoms with Crippen LogP contribution in [0.3, 0.4) is 0 Å². The Bertz CT molecular complexity index is 79.3. The van der Waals surface area contributed by atoms with E-state index in [1.807, 2.05) is 0 Å². The van der Waals surface area contributed by atoms with Crippen molar-refractivity contribution in [1.29, 1.82) is 0 Å². The van der Waals surface area contributed by atoms with Crippen LogP contribution in [-0.4, -0.2) is 19.4 Å². The molecule has 1 aliphatic heterocycles. The van der Waals surface area contributed by atoms with E-state index in [-0.39, 0.29) is 0 Å². The minimum absolute atomic E-state index is 0.367. The summed E-state index contributed by atoms with van der Waals surface area (Å²) in [5, 5.41) is 3.36. The van der Waals surface area contributed by atoms with Gasteiger partial charge in [0.05, 0.1) is 0 Å². The number of hydrogen-bond acceptors (Lipinski definition) is 2. The zero-order valence-electron chi connectivity index (χ0n) is 6.73. The van der Waals surface area contributed by atoms with Gasteiger partial charge in [0.1, 0.15) is 6.23 Å². The standard InChI is InChI=1S/C8H17NO/c1-2-3-6-9-8-5-4-7-10-8/h8-9H,2-7H2,1H3. The molecule has 10 heavy (non-hydrogen) atoms. The second kappa shape index (κ2) is 4.69. The molecule has 1 saturated heterocycles. The van der Waals surface area contributed by atoms with Crippen LogP contribution in [0.25, 0.3) is 0 Å². The van der Waals surface area contributed by atoms with Gasteiger partial charge in [0.15, 0.2) is 0 Å². The van der Waals surface area contributed by atoms with Crippen LogP contribution in [0, 0.1) is 0 Å². The second-order valence-electron chi connectivity index (χ2n) is 2.81. The zero-order chi connectivity index (χ0) is 7.23. The lowest BCUT2D eigenvalue weighted by Gasteiger charge is -2.10. The predicted molar refractivity (Wildman–Crippen MR) is 41.9 cm³/mol. The minimum atomic E-state index is 0.367. The van der Waals surface area contributed by atoms with Crippen LogP contribution in [0.5, 0.6) is 0 Å². The molecule has 0 aromatic carbocycles. The van der Waals surface area contributed by atoms with Crippen molar-refractivity contribution in [2.24, 2.45) is 0 Å². The Morgan fingerprint density at radius 3 is 3.10 bits per heavy atom. The number of nitrogens with one attached hydrogen (secondary N) is 1. The molecular weight excluding hydrogens is 126 g/mol. The molecule has 0 aromatic rings. The highest BCUT2D eigenvalue weighted by Gasteiger charge is 2.12. The lowest BCUT2D eigenvalue weighted by atomic mass is 10.3. The Kier molecular flexibility index (Phi) is 3.76. The fourth-order valence-electron chi connectivity index (χ4n) is 1.18. The van der Waals surface area contributed by atoms with Crippen molar-refractivity contribution in [1.82, 2.24) is 5.32 Å². The number of rotatable bonds is 4. The first kappa shape index (κ1) is 8.02. The summed E-state index contributed by atoms with van der Waals surface area (Å²) in [5.74, 6) is 0. The third-order valence-electron chi connectivity index (χ3n) is 1.83. The summed E-state index contributed by atoms with van der Waals surface area (Å²) >= 11 is 0. The van der Waals surface area contributed by atoms with E-state index < -0.39 is 0 Å². The summed E-state index contributed by atoms with van der Waals surface area (Å²) in [5.41, 5.74) is 0. The number of ether oxygens (including phenoxy) is 1. The van der Waals surface area contributed by atoms with Crippen molar-refractivity contribution >= 4 is 0 Å². The van der Waals surface area contributed by atoms with Gasteiger partial charge in [-0.3, -0.25) is 5.32 Å². The van der Waals surface area contributed by atoms with Crippen LogP contribution in [0.15, 0.2) is 0 Å². The molecule has 0 radical (unpaired) electrons. The molecule has 0 saturated carbocycles. The van der Waals surface area contributed by atoms with Crippen molar-refractivity contribution in [3.05, 3.63) is 0 Å². The predicted octanol–water partition coefficient (Wildman–Crippen LogP) is 1.51. The Morgan fingerprint density at radius 1 is 1.60 bits per heavy atom. The SMILES string of the molecule is CCCCNC1CCCO1. The summed E-state index contributed by atoms with van der Waals surface area (Å²) in [6.45, 7) is 4.27. The quantitative estimate of drug-likeness (QED) is 0.602. The summed E-state index contributed by atoms with van der Waals surface area (Å²) in [6, 6.07) is 0. The molecule has 60 valence electrons. The minimum Gasteiger partial charge on any atom is -0.363 e. The summed E-state index contributed by atoms with van der Waals surface area (Å²) in [4.78, 5) is 0. The van der Waals surface area contributed by atoms with Crippen molar-refractivity contribution in [2.75, 3.05) is 13.2 Å². The van der Waals surface area contributed by atoms with Crippen LogP contribution >= 0.6 is 0 Å². The van der Waals surface area contributed by atoms with Crippen LogP contribution in [0.1, 0.15) is 32.6 Å². The molecule has 1 heterocycles. The molecule has 1 rings (SSSR count). The van der Waals surface area contributed by atoms with Gasteiger partial charge in [0, 0.05) is 6.61 Å². The van der Waals surface area contributed by atoms with E-state index in [4.69, 9.17) is 4.74 Å². The average molecular weight is 143 g/mol. The first-order chi connectivity index (χ1) is 4.93. The van der Waals surface area contributed by atoms with Crippen molar-refractivity contribution in [3.63, 3.8) is 0 Å². The van der Waals surface area contributed by atoms with Crippen molar-refractivity contribution in [3.8, 4) is 0 Å². The Morgan fingerprint density at radius 2 is 2.50 bits per heavy atom. The third kappa shape index (κ3) is 2.67. The van der Waals surface area contributed by atoms with Crippen LogP contribution in [0.4, 0.5) is 0 Å². The zero-order valence-corrected chi connectivity index (χ0v) is 6.73. The molecule has 1 unspecified atom stereocenters. The average Bonchev–Trinajstić information content (AvgIpc) is 2.41. The van der Waals surface area contributed by atoms with Gasteiger partial charge in [-0.05, 0) is 25.8 Å². The highest BCUT2D eigenvalue weighted by atomic mass is 16.5. The second-order valence-corrected chi connectivity index (χ2v) is 2.81. The summed E-state index contributed by atoms with van der Waals surface area (Å²) in [7, 11) is 0. The van der Waals surface area contributed by atoms with Crippen molar-refractivity contribution < 1.29 is 4.74 Å². The van der Waals surface area contributed by atoms with Gasteiger partial charge < -0.3 is 4.74 Å². The third-order valence-corrected chi connectivity index (χ3v) is 1.83. The molecule has 1 fully saturated rings. The maximum Gasteiger partial charge on any atom is 0.108 e. The monoisotopic (exact) mass is 143 g/mol. The van der Waals surface area contributed by atoms with Gasteiger partial charge in [-0.1, -0.05) is 13.3 Å². The van der Waals surface area contributed by atoms with Crippen LogP contribution in [-0.2, 0) is 4.74 Å². The molecular formula is C8H17NO. The van der Waals surface area contributed by atoms with Gasteiger partial charge in [0.25, 0.3) is 0 Å². The normalized spacial score (nSPS) is 25.5. The van der Waals surface area contributed by atoms with E-state index >= 15 is 0 Å². The van der Waals surface area contributed by atoms with Crippen LogP contribution in [0.2, 0.25) is 0 Å². The van der Waals surface area contributed by atoms with E-state index in [0.717, 1.165) is 13.2 Å². The molecule has 0 amide bonds.